The highest BCUT2D eigenvalue weighted by Gasteiger charge is 1.92. The van der Waals surface area contributed by atoms with Gasteiger partial charge in [0.15, 0.2) is 5.96 Å². The molecule has 0 aromatic heterocycles. The van der Waals surface area contributed by atoms with E-state index < -0.39 is 0 Å². The SMILES string of the molecule is NC(N)=NCCc1cccc(Br)c1. The summed E-state index contributed by atoms with van der Waals surface area (Å²) in [6, 6.07) is 8.09. The molecule has 4 heteroatoms. The van der Waals surface area contributed by atoms with Gasteiger partial charge in [-0.15, -0.1) is 0 Å². The Labute approximate surface area is 86.0 Å². The van der Waals surface area contributed by atoms with Gasteiger partial charge in [-0.2, -0.15) is 0 Å². The maximum absolute atomic E-state index is 5.20. The molecule has 3 nitrogen and oxygen atoms in total. The van der Waals surface area contributed by atoms with E-state index in [0.29, 0.717) is 6.54 Å². The lowest BCUT2D eigenvalue weighted by Crippen LogP contribution is -2.23. The van der Waals surface area contributed by atoms with Crippen molar-refractivity contribution in [2.45, 2.75) is 6.42 Å². The van der Waals surface area contributed by atoms with E-state index in [9.17, 15) is 0 Å². The first-order valence-electron chi connectivity index (χ1n) is 3.98. The Balaban J connectivity index is 2.50. The fourth-order valence-electron chi connectivity index (χ4n) is 1.01. The van der Waals surface area contributed by atoms with E-state index in [-0.39, 0.29) is 5.96 Å². The van der Waals surface area contributed by atoms with Gasteiger partial charge >= 0.3 is 0 Å². The topological polar surface area (TPSA) is 64.4 Å². The third-order valence-corrected chi connectivity index (χ3v) is 2.08. The smallest absolute Gasteiger partial charge is 0.185 e. The van der Waals surface area contributed by atoms with Crippen molar-refractivity contribution in [3.8, 4) is 0 Å². The number of hydrogen-bond donors (Lipinski definition) is 2. The number of aliphatic imine (C=N–C) groups is 1. The van der Waals surface area contributed by atoms with Crippen LogP contribution in [0, 0.1) is 0 Å². The summed E-state index contributed by atoms with van der Waals surface area (Å²) in [6.07, 6.45) is 0.858. The van der Waals surface area contributed by atoms with Crippen LogP contribution in [-0.4, -0.2) is 12.5 Å². The average molecular weight is 242 g/mol. The number of rotatable bonds is 3. The van der Waals surface area contributed by atoms with E-state index >= 15 is 0 Å². The number of hydrogen-bond acceptors (Lipinski definition) is 1. The summed E-state index contributed by atoms with van der Waals surface area (Å²) < 4.78 is 1.08. The molecule has 0 fully saturated rings. The van der Waals surface area contributed by atoms with Crippen LogP contribution in [0.5, 0.6) is 0 Å². The molecule has 0 amide bonds. The predicted molar refractivity (Wildman–Crippen MR) is 58.5 cm³/mol. The Hall–Kier alpha value is -1.03. The number of nitrogens with two attached hydrogens (primary N) is 2. The maximum atomic E-state index is 5.20. The van der Waals surface area contributed by atoms with Crippen LogP contribution in [0.1, 0.15) is 5.56 Å². The van der Waals surface area contributed by atoms with Crippen LogP contribution in [0.25, 0.3) is 0 Å². The highest BCUT2D eigenvalue weighted by molar-refractivity contribution is 9.10. The molecular weight excluding hydrogens is 230 g/mol. The van der Waals surface area contributed by atoms with Gasteiger partial charge in [0.2, 0.25) is 0 Å². The summed E-state index contributed by atoms with van der Waals surface area (Å²) in [5, 5.41) is 0. The molecule has 0 spiro atoms. The van der Waals surface area contributed by atoms with Gasteiger partial charge in [0.25, 0.3) is 0 Å². The quantitative estimate of drug-likeness (QED) is 0.619. The van der Waals surface area contributed by atoms with E-state index in [1.165, 1.54) is 5.56 Å². The van der Waals surface area contributed by atoms with Crippen LogP contribution in [-0.2, 0) is 6.42 Å². The lowest BCUT2D eigenvalue weighted by molar-refractivity contribution is 0.961. The van der Waals surface area contributed by atoms with Crippen molar-refractivity contribution >= 4 is 21.9 Å². The zero-order chi connectivity index (χ0) is 9.68. The van der Waals surface area contributed by atoms with Crippen LogP contribution in [0.4, 0.5) is 0 Å². The fourth-order valence-corrected chi connectivity index (χ4v) is 1.45. The minimum Gasteiger partial charge on any atom is -0.370 e. The van der Waals surface area contributed by atoms with E-state index in [1.54, 1.807) is 0 Å². The number of benzene rings is 1. The van der Waals surface area contributed by atoms with Gasteiger partial charge < -0.3 is 11.5 Å². The van der Waals surface area contributed by atoms with E-state index in [0.717, 1.165) is 10.9 Å². The highest BCUT2D eigenvalue weighted by Crippen LogP contribution is 2.11. The summed E-state index contributed by atoms with van der Waals surface area (Å²) in [7, 11) is 0. The number of guanidine groups is 1. The van der Waals surface area contributed by atoms with Gasteiger partial charge in [-0.25, -0.2) is 0 Å². The van der Waals surface area contributed by atoms with Crippen molar-refractivity contribution in [1.29, 1.82) is 0 Å². The van der Waals surface area contributed by atoms with Gasteiger partial charge in [0.1, 0.15) is 0 Å². The third-order valence-electron chi connectivity index (χ3n) is 1.58. The summed E-state index contributed by atoms with van der Waals surface area (Å²) in [5.74, 6) is 0.148. The molecule has 1 aromatic rings. The largest absolute Gasteiger partial charge is 0.370 e. The molecule has 1 aromatic carbocycles. The normalized spacial score (nSPS) is 9.62. The molecule has 70 valence electrons. The van der Waals surface area contributed by atoms with Crippen LogP contribution in [0.3, 0.4) is 0 Å². The number of halogens is 1. The summed E-state index contributed by atoms with van der Waals surface area (Å²) in [4.78, 5) is 3.91. The van der Waals surface area contributed by atoms with E-state index in [2.05, 4.69) is 27.0 Å². The van der Waals surface area contributed by atoms with Crippen molar-refractivity contribution in [3.63, 3.8) is 0 Å². The van der Waals surface area contributed by atoms with Gasteiger partial charge in [0, 0.05) is 11.0 Å². The van der Waals surface area contributed by atoms with E-state index in [4.69, 9.17) is 11.5 Å². The van der Waals surface area contributed by atoms with Crippen LogP contribution >= 0.6 is 15.9 Å². The summed E-state index contributed by atoms with van der Waals surface area (Å²) in [6.45, 7) is 0.638. The molecule has 0 aliphatic carbocycles. The van der Waals surface area contributed by atoms with Gasteiger partial charge in [-0.05, 0) is 24.1 Å². The van der Waals surface area contributed by atoms with Crippen molar-refractivity contribution in [2.24, 2.45) is 16.5 Å². The first-order valence-corrected chi connectivity index (χ1v) is 4.77. The molecule has 13 heavy (non-hydrogen) atoms. The van der Waals surface area contributed by atoms with Crippen molar-refractivity contribution in [1.82, 2.24) is 0 Å². The van der Waals surface area contributed by atoms with E-state index in [1.807, 2.05) is 18.2 Å². The Morgan fingerprint density at radius 2 is 2.15 bits per heavy atom. The van der Waals surface area contributed by atoms with Crippen LogP contribution in [0.15, 0.2) is 33.7 Å². The van der Waals surface area contributed by atoms with Crippen molar-refractivity contribution in [3.05, 3.63) is 34.3 Å². The molecule has 0 aliphatic rings. The second-order valence-corrected chi connectivity index (χ2v) is 3.60. The zero-order valence-electron chi connectivity index (χ0n) is 7.20. The average Bonchev–Trinajstić information content (AvgIpc) is 2.03. The fraction of sp³-hybridized carbons (Fsp3) is 0.222. The van der Waals surface area contributed by atoms with Gasteiger partial charge in [-0.3, -0.25) is 4.99 Å². The molecular formula is C9H12BrN3. The summed E-state index contributed by atoms with van der Waals surface area (Å²) >= 11 is 3.40. The van der Waals surface area contributed by atoms with Crippen molar-refractivity contribution in [2.75, 3.05) is 6.54 Å². The Morgan fingerprint density at radius 3 is 2.77 bits per heavy atom. The second kappa shape index (κ2) is 4.87. The first-order chi connectivity index (χ1) is 6.18. The molecule has 0 atom stereocenters. The standard InChI is InChI=1S/C9H12BrN3/c10-8-3-1-2-7(6-8)4-5-13-9(11)12/h1-3,6H,4-5H2,(H4,11,12,13). The molecule has 0 saturated heterocycles. The molecule has 0 saturated carbocycles. The minimum absolute atomic E-state index is 0.148. The Kier molecular flexibility index (Phi) is 3.76. The second-order valence-electron chi connectivity index (χ2n) is 2.69. The van der Waals surface area contributed by atoms with Gasteiger partial charge in [-0.1, -0.05) is 28.1 Å². The number of nitrogens with zero attached hydrogens (tertiary/aromatic N) is 1. The maximum Gasteiger partial charge on any atom is 0.185 e. The Bertz CT molecular complexity index is 305. The third kappa shape index (κ3) is 3.94. The molecule has 4 N–H and O–H groups in total. The molecule has 0 radical (unpaired) electrons. The predicted octanol–water partition coefficient (Wildman–Crippen LogP) is 1.27. The summed E-state index contributed by atoms with van der Waals surface area (Å²) in [5.41, 5.74) is 11.6. The first kappa shape index (κ1) is 10.1. The Morgan fingerprint density at radius 1 is 1.38 bits per heavy atom. The minimum atomic E-state index is 0.148. The van der Waals surface area contributed by atoms with Crippen LogP contribution in [0.2, 0.25) is 0 Å². The molecule has 0 bridgehead atoms. The molecule has 0 unspecified atom stereocenters. The zero-order valence-corrected chi connectivity index (χ0v) is 8.79. The van der Waals surface area contributed by atoms with Gasteiger partial charge in [0.05, 0.1) is 0 Å². The lowest BCUT2D eigenvalue weighted by Gasteiger charge is -1.98. The molecule has 1 rings (SSSR count). The van der Waals surface area contributed by atoms with Crippen LogP contribution < -0.4 is 11.5 Å². The lowest BCUT2D eigenvalue weighted by atomic mass is 10.2. The van der Waals surface area contributed by atoms with Crippen molar-refractivity contribution < 1.29 is 0 Å². The monoisotopic (exact) mass is 241 g/mol. The molecule has 0 aliphatic heterocycles. The highest BCUT2D eigenvalue weighted by atomic mass is 79.9. The molecule has 0 heterocycles.